The monoisotopic (exact) mass is 424 g/mol. The second-order valence-corrected chi connectivity index (χ2v) is 9.53. The van der Waals surface area contributed by atoms with Gasteiger partial charge in [-0.2, -0.15) is 0 Å². The Morgan fingerprint density at radius 2 is 1.10 bits per heavy atom. The number of rotatable bonds is 23. The molecule has 0 aromatic rings. The van der Waals surface area contributed by atoms with Gasteiger partial charge in [0.05, 0.1) is 0 Å². The second kappa shape index (κ2) is 23.1. The van der Waals surface area contributed by atoms with Gasteiger partial charge in [-0.15, -0.1) is 0 Å². The molecule has 0 spiro atoms. The summed E-state index contributed by atoms with van der Waals surface area (Å²) in [6.07, 6.45) is 26.0. The number of hydrogen-bond donors (Lipinski definition) is 0. The Bertz CT molecular complexity index is 353. The van der Waals surface area contributed by atoms with Crippen molar-refractivity contribution in [1.29, 1.82) is 0 Å². The minimum absolute atomic E-state index is 0.0556. The van der Waals surface area contributed by atoms with Crippen LogP contribution in [0.15, 0.2) is 0 Å². The van der Waals surface area contributed by atoms with Crippen LogP contribution in [0.5, 0.6) is 0 Å². The van der Waals surface area contributed by atoms with E-state index in [1.54, 1.807) is 0 Å². The van der Waals surface area contributed by atoms with Crippen LogP contribution < -0.4 is 0 Å². The Labute approximate surface area is 190 Å². The Hall–Kier alpha value is -0.530. The van der Waals surface area contributed by atoms with Gasteiger partial charge in [0.1, 0.15) is 6.10 Å². The normalized spacial score (nSPS) is 13.3. The zero-order chi connectivity index (χ0) is 22.3. The van der Waals surface area contributed by atoms with Crippen LogP contribution in [-0.2, 0) is 9.53 Å². The molecule has 0 aromatic heterocycles. The highest BCUT2D eigenvalue weighted by Crippen LogP contribution is 2.23. The number of ether oxygens (including phenoxy) is 1. The predicted molar refractivity (Wildman–Crippen MR) is 133 cm³/mol. The van der Waals surface area contributed by atoms with Crippen LogP contribution >= 0.6 is 0 Å². The van der Waals surface area contributed by atoms with Crippen molar-refractivity contribution in [2.75, 3.05) is 0 Å². The fraction of sp³-hybridized carbons (Fsp3) is 0.964. The van der Waals surface area contributed by atoms with E-state index in [1.165, 1.54) is 109 Å². The van der Waals surface area contributed by atoms with Crippen molar-refractivity contribution >= 4 is 5.97 Å². The van der Waals surface area contributed by atoms with Gasteiger partial charge in [0.2, 0.25) is 0 Å². The van der Waals surface area contributed by atoms with E-state index in [0.717, 1.165) is 25.2 Å². The molecule has 0 saturated carbocycles. The highest BCUT2D eigenvalue weighted by atomic mass is 16.5. The van der Waals surface area contributed by atoms with E-state index in [1.807, 2.05) is 0 Å². The molecule has 0 radical (unpaired) electrons. The van der Waals surface area contributed by atoms with Crippen LogP contribution in [0.3, 0.4) is 0 Å². The van der Waals surface area contributed by atoms with Gasteiger partial charge in [0, 0.05) is 6.42 Å². The highest BCUT2D eigenvalue weighted by Gasteiger charge is 2.16. The van der Waals surface area contributed by atoms with Crippen molar-refractivity contribution in [3.8, 4) is 0 Å². The van der Waals surface area contributed by atoms with Crippen LogP contribution in [-0.4, -0.2) is 12.1 Å². The summed E-state index contributed by atoms with van der Waals surface area (Å²) in [7, 11) is 0. The van der Waals surface area contributed by atoms with Gasteiger partial charge in [0.15, 0.2) is 0 Å². The minimum Gasteiger partial charge on any atom is -0.462 e. The fourth-order valence-corrected chi connectivity index (χ4v) is 4.35. The summed E-state index contributed by atoms with van der Waals surface area (Å²) in [6, 6.07) is 0. The Balaban J connectivity index is 4.09. The summed E-state index contributed by atoms with van der Waals surface area (Å²) in [4.78, 5) is 12.4. The molecule has 2 unspecified atom stereocenters. The predicted octanol–water partition coefficient (Wildman–Crippen LogP) is 9.79. The van der Waals surface area contributed by atoms with Crippen molar-refractivity contribution < 1.29 is 9.53 Å². The van der Waals surface area contributed by atoms with Crippen LogP contribution in [0.4, 0.5) is 0 Å². The van der Waals surface area contributed by atoms with E-state index in [4.69, 9.17) is 4.74 Å². The first-order chi connectivity index (χ1) is 14.7. The Morgan fingerprint density at radius 1 is 0.567 bits per heavy atom. The average molecular weight is 425 g/mol. The largest absolute Gasteiger partial charge is 0.462 e. The number of unbranched alkanes of at least 4 members (excludes halogenated alkanes) is 12. The van der Waals surface area contributed by atoms with Crippen LogP contribution in [0, 0.1) is 5.92 Å². The van der Waals surface area contributed by atoms with Crippen LogP contribution in [0.25, 0.3) is 0 Å². The fourth-order valence-electron chi connectivity index (χ4n) is 4.35. The van der Waals surface area contributed by atoms with Gasteiger partial charge >= 0.3 is 5.97 Å². The molecule has 2 nitrogen and oxygen atoms in total. The van der Waals surface area contributed by atoms with E-state index in [-0.39, 0.29) is 12.1 Å². The summed E-state index contributed by atoms with van der Waals surface area (Å²) >= 11 is 0. The second-order valence-electron chi connectivity index (χ2n) is 9.53. The molecule has 0 aromatic carbocycles. The Kier molecular flexibility index (Phi) is 22.7. The Morgan fingerprint density at radius 3 is 1.67 bits per heavy atom. The summed E-state index contributed by atoms with van der Waals surface area (Å²) in [5.74, 6) is 0.860. The first kappa shape index (κ1) is 29.5. The van der Waals surface area contributed by atoms with Gasteiger partial charge in [0.25, 0.3) is 0 Å². The maximum Gasteiger partial charge on any atom is 0.306 e. The van der Waals surface area contributed by atoms with E-state index in [9.17, 15) is 4.79 Å². The third kappa shape index (κ3) is 19.4. The standard InChI is InChI=1S/C28H56O2/c1-5-9-12-14-15-16-17-18-20-23-28(29)30-27(22-19-13-10-6-2)25-24-26(8-4)21-11-7-3/h26-27H,5-25H2,1-4H3. The third-order valence-electron chi connectivity index (χ3n) is 6.60. The zero-order valence-corrected chi connectivity index (χ0v) is 21.3. The molecule has 0 N–H and O–H groups in total. The quantitative estimate of drug-likeness (QED) is 0.120. The van der Waals surface area contributed by atoms with Gasteiger partial charge in [-0.25, -0.2) is 0 Å². The molecule has 0 aliphatic carbocycles. The summed E-state index contributed by atoms with van der Waals surface area (Å²) in [5, 5.41) is 0. The van der Waals surface area contributed by atoms with Gasteiger partial charge in [-0.1, -0.05) is 124 Å². The summed E-state index contributed by atoms with van der Waals surface area (Å²) in [6.45, 7) is 9.11. The smallest absolute Gasteiger partial charge is 0.306 e. The lowest BCUT2D eigenvalue weighted by molar-refractivity contribution is -0.150. The molecule has 0 heterocycles. The van der Waals surface area contributed by atoms with Gasteiger partial charge < -0.3 is 4.74 Å². The number of carbonyl (C=O) groups is 1. The number of carbonyl (C=O) groups excluding carboxylic acids is 1. The van der Waals surface area contributed by atoms with Gasteiger partial charge in [-0.05, 0) is 38.0 Å². The molecular formula is C28H56O2. The zero-order valence-electron chi connectivity index (χ0n) is 21.3. The molecule has 0 aliphatic rings. The third-order valence-corrected chi connectivity index (χ3v) is 6.60. The topological polar surface area (TPSA) is 26.3 Å². The maximum atomic E-state index is 12.4. The van der Waals surface area contributed by atoms with E-state index in [2.05, 4.69) is 27.7 Å². The first-order valence-electron chi connectivity index (χ1n) is 13.9. The molecule has 0 saturated heterocycles. The minimum atomic E-state index is 0.0556. The van der Waals surface area contributed by atoms with Crippen molar-refractivity contribution in [3.05, 3.63) is 0 Å². The van der Waals surface area contributed by atoms with Crippen molar-refractivity contribution in [2.24, 2.45) is 5.92 Å². The van der Waals surface area contributed by atoms with Gasteiger partial charge in [-0.3, -0.25) is 4.79 Å². The molecular weight excluding hydrogens is 368 g/mol. The van der Waals surface area contributed by atoms with E-state index in [0.29, 0.717) is 6.42 Å². The van der Waals surface area contributed by atoms with E-state index < -0.39 is 0 Å². The number of esters is 1. The van der Waals surface area contributed by atoms with Crippen LogP contribution in [0.1, 0.15) is 163 Å². The first-order valence-corrected chi connectivity index (χ1v) is 13.9. The highest BCUT2D eigenvalue weighted by molar-refractivity contribution is 5.69. The molecule has 180 valence electrons. The molecule has 0 bridgehead atoms. The lowest BCUT2D eigenvalue weighted by Gasteiger charge is -2.21. The molecule has 0 rings (SSSR count). The van der Waals surface area contributed by atoms with Crippen molar-refractivity contribution in [3.63, 3.8) is 0 Å². The molecule has 0 aliphatic heterocycles. The molecule has 30 heavy (non-hydrogen) atoms. The summed E-state index contributed by atoms with van der Waals surface area (Å²) in [5.41, 5.74) is 0. The van der Waals surface area contributed by atoms with E-state index >= 15 is 0 Å². The van der Waals surface area contributed by atoms with Crippen molar-refractivity contribution in [2.45, 2.75) is 169 Å². The van der Waals surface area contributed by atoms with Crippen molar-refractivity contribution in [1.82, 2.24) is 0 Å². The summed E-state index contributed by atoms with van der Waals surface area (Å²) < 4.78 is 5.96. The molecule has 2 atom stereocenters. The molecule has 0 fully saturated rings. The molecule has 0 amide bonds. The van der Waals surface area contributed by atoms with Crippen LogP contribution in [0.2, 0.25) is 0 Å². The molecule has 2 heteroatoms. The average Bonchev–Trinajstić information content (AvgIpc) is 2.75. The lowest BCUT2D eigenvalue weighted by Crippen LogP contribution is -2.19. The lowest BCUT2D eigenvalue weighted by atomic mass is 9.92. The SMILES string of the molecule is CCCCCCCCCCCC(=O)OC(CCCCCC)CCC(CC)CCCC. The number of hydrogen-bond acceptors (Lipinski definition) is 2. The maximum absolute atomic E-state index is 12.4.